The van der Waals surface area contributed by atoms with E-state index in [0.717, 1.165) is 12.2 Å². The summed E-state index contributed by atoms with van der Waals surface area (Å²) in [6.45, 7) is 6.32. The Morgan fingerprint density at radius 1 is 1.33 bits per heavy atom. The summed E-state index contributed by atoms with van der Waals surface area (Å²) < 4.78 is 5.74. The lowest BCUT2D eigenvalue weighted by Gasteiger charge is -2.13. The van der Waals surface area contributed by atoms with Crippen LogP contribution in [0.25, 0.3) is 0 Å². The molecule has 0 aliphatic heterocycles. The highest BCUT2D eigenvalue weighted by Crippen LogP contribution is 2.20. The molecule has 0 N–H and O–H groups in total. The van der Waals surface area contributed by atoms with E-state index in [2.05, 4.69) is 25.8 Å². The van der Waals surface area contributed by atoms with Crippen molar-refractivity contribution in [2.45, 2.75) is 52.6 Å². The summed E-state index contributed by atoms with van der Waals surface area (Å²) in [5, 5.41) is 0. The molecule has 0 saturated heterocycles. The van der Waals surface area contributed by atoms with E-state index in [9.17, 15) is 0 Å². The van der Waals surface area contributed by atoms with E-state index in [1.54, 1.807) is 6.20 Å². The van der Waals surface area contributed by atoms with Crippen LogP contribution in [0, 0.1) is 0 Å². The van der Waals surface area contributed by atoms with Gasteiger partial charge in [0.25, 0.3) is 0 Å². The van der Waals surface area contributed by atoms with Crippen molar-refractivity contribution in [1.82, 2.24) is 4.98 Å². The van der Waals surface area contributed by atoms with Crippen molar-refractivity contribution in [3.05, 3.63) is 24.0 Å². The SMILES string of the molecule is CCCCCc1cnccc1OC(C)C. The number of ether oxygens (including phenoxy) is 1. The van der Waals surface area contributed by atoms with Gasteiger partial charge in [-0.15, -0.1) is 0 Å². The largest absolute Gasteiger partial charge is 0.491 e. The molecule has 0 aromatic carbocycles. The maximum Gasteiger partial charge on any atom is 0.125 e. The van der Waals surface area contributed by atoms with Gasteiger partial charge >= 0.3 is 0 Å². The first kappa shape index (κ1) is 12.0. The lowest BCUT2D eigenvalue weighted by atomic mass is 10.1. The molecular weight excluding hydrogens is 186 g/mol. The van der Waals surface area contributed by atoms with Gasteiger partial charge in [0.1, 0.15) is 5.75 Å². The van der Waals surface area contributed by atoms with Gasteiger partial charge in [0.05, 0.1) is 6.10 Å². The summed E-state index contributed by atoms with van der Waals surface area (Å²) >= 11 is 0. The highest BCUT2D eigenvalue weighted by molar-refractivity contribution is 5.30. The molecule has 0 spiro atoms. The van der Waals surface area contributed by atoms with Crippen molar-refractivity contribution in [3.8, 4) is 5.75 Å². The Hall–Kier alpha value is -1.05. The van der Waals surface area contributed by atoms with Gasteiger partial charge in [0, 0.05) is 18.0 Å². The number of aryl methyl sites for hydroxylation is 1. The van der Waals surface area contributed by atoms with Crippen molar-refractivity contribution in [3.63, 3.8) is 0 Å². The standard InChI is InChI=1S/C13H21NO/c1-4-5-6-7-12-10-14-9-8-13(12)15-11(2)3/h8-11H,4-7H2,1-3H3. The van der Waals surface area contributed by atoms with E-state index < -0.39 is 0 Å². The van der Waals surface area contributed by atoms with E-state index in [1.165, 1.54) is 24.8 Å². The Morgan fingerprint density at radius 3 is 2.80 bits per heavy atom. The van der Waals surface area contributed by atoms with Crippen LogP contribution >= 0.6 is 0 Å². The fourth-order valence-corrected chi connectivity index (χ4v) is 1.54. The molecule has 84 valence electrons. The van der Waals surface area contributed by atoms with Gasteiger partial charge in [-0.05, 0) is 32.8 Å². The van der Waals surface area contributed by atoms with Gasteiger partial charge in [-0.2, -0.15) is 0 Å². The second kappa shape index (κ2) is 6.44. The zero-order valence-electron chi connectivity index (χ0n) is 9.99. The van der Waals surface area contributed by atoms with Crippen LogP contribution in [0.15, 0.2) is 18.5 Å². The molecule has 0 aliphatic rings. The van der Waals surface area contributed by atoms with E-state index in [1.807, 2.05) is 12.3 Å². The van der Waals surface area contributed by atoms with Crippen molar-refractivity contribution in [1.29, 1.82) is 0 Å². The van der Waals surface area contributed by atoms with Crippen LogP contribution in [0.3, 0.4) is 0 Å². The molecule has 0 saturated carbocycles. The highest BCUT2D eigenvalue weighted by atomic mass is 16.5. The second-order valence-corrected chi connectivity index (χ2v) is 4.11. The van der Waals surface area contributed by atoms with Crippen LogP contribution in [0.2, 0.25) is 0 Å². The minimum Gasteiger partial charge on any atom is -0.491 e. The summed E-state index contributed by atoms with van der Waals surface area (Å²) in [5.74, 6) is 0.996. The fraction of sp³-hybridized carbons (Fsp3) is 0.615. The Bertz CT molecular complexity index is 284. The Morgan fingerprint density at radius 2 is 2.13 bits per heavy atom. The second-order valence-electron chi connectivity index (χ2n) is 4.11. The quantitative estimate of drug-likeness (QED) is 0.665. The number of unbranched alkanes of at least 4 members (excludes halogenated alkanes) is 2. The predicted octanol–water partition coefficient (Wildman–Crippen LogP) is 3.60. The van der Waals surface area contributed by atoms with Gasteiger partial charge in [0.15, 0.2) is 0 Å². The minimum atomic E-state index is 0.234. The summed E-state index contributed by atoms with van der Waals surface area (Å²) in [5.41, 5.74) is 1.24. The molecule has 2 heteroatoms. The first-order chi connectivity index (χ1) is 7.24. The Kier molecular flexibility index (Phi) is 5.16. The smallest absolute Gasteiger partial charge is 0.125 e. The number of pyridine rings is 1. The first-order valence-electron chi connectivity index (χ1n) is 5.83. The van der Waals surface area contributed by atoms with Gasteiger partial charge in [-0.1, -0.05) is 19.8 Å². The van der Waals surface area contributed by atoms with E-state index in [-0.39, 0.29) is 6.10 Å². The molecule has 0 atom stereocenters. The molecule has 0 radical (unpaired) electrons. The van der Waals surface area contributed by atoms with Crippen molar-refractivity contribution in [2.75, 3.05) is 0 Å². The lowest BCUT2D eigenvalue weighted by molar-refractivity contribution is 0.239. The summed E-state index contributed by atoms with van der Waals surface area (Å²) in [7, 11) is 0. The average Bonchev–Trinajstić information content (AvgIpc) is 2.20. The van der Waals surface area contributed by atoms with Crippen LogP contribution in [-0.4, -0.2) is 11.1 Å². The van der Waals surface area contributed by atoms with Crippen LogP contribution in [0.5, 0.6) is 5.75 Å². The van der Waals surface area contributed by atoms with Crippen molar-refractivity contribution in [2.24, 2.45) is 0 Å². The molecule has 0 aliphatic carbocycles. The summed E-state index contributed by atoms with van der Waals surface area (Å²) in [4.78, 5) is 4.15. The number of hydrogen-bond donors (Lipinski definition) is 0. The Balaban J connectivity index is 2.60. The average molecular weight is 207 g/mol. The molecule has 1 rings (SSSR count). The van der Waals surface area contributed by atoms with Gasteiger partial charge < -0.3 is 4.74 Å². The third-order valence-electron chi connectivity index (χ3n) is 2.27. The fourth-order valence-electron chi connectivity index (χ4n) is 1.54. The normalized spacial score (nSPS) is 10.7. The molecule has 1 aromatic rings. The highest BCUT2D eigenvalue weighted by Gasteiger charge is 2.04. The van der Waals surface area contributed by atoms with Crippen molar-refractivity contribution >= 4 is 0 Å². The number of rotatable bonds is 6. The van der Waals surface area contributed by atoms with E-state index in [4.69, 9.17) is 4.74 Å². The zero-order valence-corrected chi connectivity index (χ0v) is 9.99. The van der Waals surface area contributed by atoms with Crippen LogP contribution in [0.1, 0.15) is 45.6 Å². The molecule has 1 aromatic heterocycles. The van der Waals surface area contributed by atoms with Gasteiger partial charge in [-0.25, -0.2) is 0 Å². The summed E-state index contributed by atoms with van der Waals surface area (Å²) in [6, 6.07) is 1.96. The van der Waals surface area contributed by atoms with Crippen LogP contribution in [-0.2, 0) is 6.42 Å². The molecule has 2 nitrogen and oxygen atoms in total. The molecule has 0 fully saturated rings. The van der Waals surface area contributed by atoms with Crippen LogP contribution < -0.4 is 4.74 Å². The van der Waals surface area contributed by atoms with Gasteiger partial charge in [0.2, 0.25) is 0 Å². The summed E-state index contributed by atoms with van der Waals surface area (Å²) in [6.07, 6.45) is 8.77. The number of nitrogens with zero attached hydrogens (tertiary/aromatic N) is 1. The monoisotopic (exact) mass is 207 g/mol. The maximum atomic E-state index is 5.74. The zero-order chi connectivity index (χ0) is 11.1. The van der Waals surface area contributed by atoms with Crippen molar-refractivity contribution < 1.29 is 4.74 Å². The first-order valence-corrected chi connectivity index (χ1v) is 5.83. The van der Waals surface area contributed by atoms with Gasteiger partial charge in [-0.3, -0.25) is 4.98 Å². The molecule has 15 heavy (non-hydrogen) atoms. The van der Waals surface area contributed by atoms with E-state index in [0.29, 0.717) is 0 Å². The Labute approximate surface area is 92.7 Å². The number of hydrogen-bond acceptors (Lipinski definition) is 2. The third kappa shape index (κ3) is 4.32. The molecule has 0 bridgehead atoms. The molecule has 0 amide bonds. The van der Waals surface area contributed by atoms with Crippen LogP contribution in [0.4, 0.5) is 0 Å². The third-order valence-corrected chi connectivity index (χ3v) is 2.27. The minimum absolute atomic E-state index is 0.234. The molecule has 0 unspecified atom stereocenters. The topological polar surface area (TPSA) is 22.1 Å². The van der Waals surface area contributed by atoms with E-state index >= 15 is 0 Å². The lowest BCUT2D eigenvalue weighted by Crippen LogP contribution is -2.07. The molecular formula is C13H21NO. The maximum absolute atomic E-state index is 5.74. The molecule has 1 heterocycles. The predicted molar refractivity (Wildman–Crippen MR) is 63.2 cm³/mol. The number of aromatic nitrogens is 1.